The summed E-state index contributed by atoms with van der Waals surface area (Å²) in [4.78, 5) is 23.0. The van der Waals surface area contributed by atoms with Crippen LogP contribution < -0.4 is 16.0 Å². The lowest BCUT2D eigenvalue weighted by atomic mass is 10.2. The average molecular weight is 351 g/mol. The zero-order valence-corrected chi connectivity index (χ0v) is 14.4. The largest absolute Gasteiger partial charge is 0.360 e. The number of carbonyl (C=O) groups is 2. The number of amides is 2. The van der Waals surface area contributed by atoms with E-state index in [0.717, 1.165) is 16.0 Å². The molecule has 1 aromatic carbocycles. The van der Waals surface area contributed by atoms with Crippen molar-refractivity contribution < 1.29 is 9.59 Å². The standard InChI is InChI=1S/C14H17N5O2S2/c1-3-15-13-18-19-14(23-13)22-8-12(21)17-11-6-4-5-10(7-11)16-9(2)20/h4-7H,3,8H2,1-2H3,(H,15,18)(H,16,20)(H,17,21). The predicted molar refractivity (Wildman–Crippen MR) is 94.2 cm³/mol. The van der Waals surface area contributed by atoms with Crippen molar-refractivity contribution in [2.24, 2.45) is 0 Å². The van der Waals surface area contributed by atoms with Gasteiger partial charge in [0.05, 0.1) is 5.75 Å². The van der Waals surface area contributed by atoms with Crippen molar-refractivity contribution in [2.75, 3.05) is 28.2 Å². The van der Waals surface area contributed by atoms with Gasteiger partial charge >= 0.3 is 0 Å². The third kappa shape index (κ3) is 5.87. The Hall–Kier alpha value is -2.13. The molecule has 0 fully saturated rings. The first-order valence-electron chi connectivity index (χ1n) is 6.94. The van der Waals surface area contributed by atoms with Crippen LogP contribution in [0.25, 0.3) is 0 Å². The van der Waals surface area contributed by atoms with Crippen molar-refractivity contribution in [2.45, 2.75) is 18.2 Å². The van der Waals surface area contributed by atoms with E-state index in [2.05, 4.69) is 26.1 Å². The summed E-state index contributed by atoms with van der Waals surface area (Å²) in [5.74, 6) is -0.0579. The van der Waals surface area contributed by atoms with Gasteiger partial charge in [0, 0.05) is 24.8 Å². The second-order valence-electron chi connectivity index (χ2n) is 4.50. The van der Waals surface area contributed by atoms with Gasteiger partial charge in [0.1, 0.15) is 0 Å². The second-order valence-corrected chi connectivity index (χ2v) is 6.70. The van der Waals surface area contributed by atoms with Crippen molar-refractivity contribution in [3.05, 3.63) is 24.3 Å². The Balaban J connectivity index is 1.85. The maximum absolute atomic E-state index is 12.0. The van der Waals surface area contributed by atoms with Crippen molar-refractivity contribution in [1.82, 2.24) is 10.2 Å². The summed E-state index contributed by atoms with van der Waals surface area (Å²) in [7, 11) is 0. The summed E-state index contributed by atoms with van der Waals surface area (Å²) in [6, 6.07) is 7.00. The van der Waals surface area contributed by atoms with Gasteiger partial charge in [-0.1, -0.05) is 29.2 Å². The van der Waals surface area contributed by atoms with Crippen LogP contribution in [0.4, 0.5) is 16.5 Å². The lowest BCUT2D eigenvalue weighted by molar-refractivity contribution is -0.114. The molecule has 7 nitrogen and oxygen atoms in total. The van der Waals surface area contributed by atoms with E-state index in [1.165, 1.54) is 30.0 Å². The number of carbonyl (C=O) groups excluding carboxylic acids is 2. The molecule has 0 radical (unpaired) electrons. The maximum atomic E-state index is 12.0. The Morgan fingerprint density at radius 2 is 1.96 bits per heavy atom. The third-order valence-corrected chi connectivity index (χ3v) is 4.54. The van der Waals surface area contributed by atoms with Crippen LogP contribution in [0.5, 0.6) is 0 Å². The van der Waals surface area contributed by atoms with Crippen LogP contribution in [0, 0.1) is 0 Å². The van der Waals surface area contributed by atoms with Gasteiger partial charge in [-0.3, -0.25) is 9.59 Å². The summed E-state index contributed by atoms with van der Waals surface area (Å²) >= 11 is 2.75. The first kappa shape index (κ1) is 17.2. The highest BCUT2D eigenvalue weighted by molar-refractivity contribution is 8.01. The Kier molecular flexibility index (Phi) is 6.36. The molecule has 122 valence electrons. The molecule has 0 aliphatic rings. The van der Waals surface area contributed by atoms with Crippen LogP contribution in [0.15, 0.2) is 28.6 Å². The molecule has 2 aromatic rings. The predicted octanol–water partition coefficient (Wildman–Crippen LogP) is 2.66. The molecule has 0 atom stereocenters. The van der Waals surface area contributed by atoms with Gasteiger partial charge in [-0.25, -0.2) is 0 Å². The van der Waals surface area contributed by atoms with Crippen molar-refractivity contribution >= 4 is 51.4 Å². The minimum Gasteiger partial charge on any atom is -0.360 e. The topological polar surface area (TPSA) is 96.0 Å². The highest BCUT2D eigenvalue weighted by Crippen LogP contribution is 2.25. The first-order chi connectivity index (χ1) is 11.1. The van der Waals surface area contributed by atoms with E-state index in [-0.39, 0.29) is 17.6 Å². The van der Waals surface area contributed by atoms with Gasteiger partial charge in [-0.15, -0.1) is 10.2 Å². The molecule has 2 rings (SSSR count). The fourth-order valence-corrected chi connectivity index (χ4v) is 3.31. The normalized spacial score (nSPS) is 10.2. The Morgan fingerprint density at radius 1 is 1.22 bits per heavy atom. The molecule has 2 amide bonds. The zero-order chi connectivity index (χ0) is 16.7. The molecule has 0 saturated carbocycles. The van der Waals surface area contributed by atoms with Crippen LogP contribution >= 0.6 is 23.1 Å². The fourth-order valence-electron chi connectivity index (χ4n) is 1.69. The summed E-state index contributed by atoms with van der Waals surface area (Å²) in [6.45, 7) is 4.20. The monoisotopic (exact) mass is 351 g/mol. The molecular formula is C14H17N5O2S2. The molecule has 1 aromatic heterocycles. The summed E-state index contributed by atoms with van der Waals surface area (Å²) in [6.07, 6.45) is 0. The minimum absolute atomic E-state index is 0.143. The number of nitrogens with one attached hydrogen (secondary N) is 3. The lowest BCUT2D eigenvalue weighted by Crippen LogP contribution is -2.14. The zero-order valence-electron chi connectivity index (χ0n) is 12.8. The highest BCUT2D eigenvalue weighted by atomic mass is 32.2. The van der Waals surface area contributed by atoms with Crippen LogP contribution in [-0.2, 0) is 9.59 Å². The van der Waals surface area contributed by atoms with Crippen molar-refractivity contribution in [3.63, 3.8) is 0 Å². The highest BCUT2D eigenvalue weighted by Gasteiger charge is 2.08. The summed E-state index contributed by atoms with van der Waals surface area (Å²) in [5, 5.41) is 17.3. The Labute approximate surface area is 142 Å². The number of aromatic nitrogens is 2. The molecule has 0 unspecified atom stereocenters. The number of rotatable bonds is 7. The number of anilines is 3. The molecular weight excluding hydrogens is 334 g/mol. The number of nitrogens with zero attached hydrogens (tertiary/aromatic N) is 2. The van der Waals surface area contributed by atoms with Gasteiger partial charge in [0.15, 0.2) is 4.34 Å². The van der Waals surface area contributed by atoms with Crippen molar-refractivity contribution in [3.8, 4) is 0 Å². The number of thioether (sulfide) groups is 1. The molecule has 0 bridgehead atoms. The number of benzene rings is 1. The Bertz CT molecular complexity index is 689. The molecule has 9 heteroatoms. The number of hydrogen-bond acceptors (Lipinski definition) is 7. The minimum atomic E-state index is -0.156. The third-order valence-electron chi connectivity index (χ3n) is 2.53. The van der Waals surface area contributed by atoms with Gasteiger partial charge in [0.25, 0.3) is 0 Å². The molecule has 0 aliphatic carbocycles. The Morgan fingerprint density at radius 3 is 2.65 bits per heavy atom. The quantitative estimate of drug-likeness (QED) is 0.664. The molecule has 0 spiro atoms. The number of hydrogen-bond donors (Lipinski definition) is 3. The van der Waals surface area contributed by atoms with Crippen LogP contribution in [0.2, 0.25) is 0 Å². The lowest BCUT2D eigenvalue weighted by Gasteiger charge is -2.07. The van der Waals surface area contributed by atoms with Gasteiger partial charge in [-0.2, -0.15) is 0 Å². The van der Waals surface area contributed by atoms with Crippen LogP contribution in [-0.4, -0.2) is 34.3 Å². The van der Waals surface area contributed by atoms with E-state index in [0.29, 0.717) is 11.4 Å². The molecule has 23 heavy (non-hydrogen) atoms. The van der Waals surface area contributed by atoms with E-state index in [1.807, 2.05) is 6.92 Å². The maximum Gasteiger partial charge on any atom is 0.234 e. The van der Waals surface area contributed by atoms with E-state index >= 15 is 0 Å². The smallest absolute Gasteiger partial charge is 0.234 e. The molecule has 3 N–H and O–H groups in total. The first-order valence-corrected chi connectivity index (χ1v) is 8.74. The van der Waals surface area contributed by atoms with Crippen LogP contribution in [0.1, 0.15) is 13.8 Å². The van der Waals surface area contributed by atoms with E-state index < -0.39 is 0 Å². The van der Waals surface area contributed by atoms with Gasteiger partial charge < -0.3 is 16.0 Å². The SMILES string of the molecule is CCNc1nnc(SCC(=O)Nc2cccc(NC(C)=O)c2)s1. The second kappa shape index (κ2) is 8.49. The van der Waals surface area contributed by atoms with Gasteiger partial charge in [0.2, 0.25) is 16.9 Å². The molecule has 1 heterocycles. The van der Waals surface area contributed by atoms with E-state index in [9.17, 15) is 9.59 Å². The fraction of sp³-hybridized carbons (Fsp3) is 0.286. The average Bonchev–Trinajstić information content (AvgIpc) is 2.93. The van der Waals surface area contributed by atoms with Gasteiger partial charge in [-0.05, 0) is 25.1 Å². The summed E-state index contributed by atoms with van der Waals surface area (Å²) in [5.41, 5.74) is 1.27. The molecule has 0 aliphatic heterocycles. The van der Waals surface area contributed by atoms with Crippen molar-refractivity contribution in [1.29, 1.82) is 0 Å². The van der Waals surface area contributed by atoms with E-state index in [1.54, 1.807) is 24.3 Å². The van der Waals surface area contributed by atoms with Crippen LogP contribution in [0.3, 0.4) is 0 Å². The summed E-state index contributed by atoms with van der Waals surface area (Å²) < 4.78 is 0.739. The molecule has 0 saturated heterocycles. The van der Waals surface area contributed by atoms with E-state index in [4.69, 9.17) is 0 Å².